The van der Waals surface area contributed by atoms with E-state index in [0.29, 0.717) is 40.0 Å². The van der Waals surface area contributed by atoms with E-state index in [0.717, 1.165) is 26.1 Å². The summed E-state index contributed by atoms with van der Waals surface area (Å²) in [7, 11) is 4.72. The van der Waals surface area contributed by atoms with Crippen LogP contribution in [0, 0.1) is 18.3 Å². The average Bonchev–Trinajstić information content (AvgIpc) is 3.57. The molecule has 2 amide bonds. The molecule has 1 saturated heterocycles. The molecule has 0 radical (unpaired) electrons. The maximum Gasteiger partial charge on any atom is 0.242 e. The van der Waals surface area contributed by atoms with Crippen molar-refractivity contribution in [2.45, 2.75) is 26.2 Å². The van der Waals surface area contributed by atoms with Crippen LogP contribution in [0.1, 0.15) is 30.4 Å². The van der Waals surface area contributed by atoms with E-state index >= 15 is 0 Å². The molecule has 2 aliphatic rings. The molecule has 0 spiro atoms. The van der Waals surface area contributed by atoms with Crippen LogP contribution < -0.4 is 14.4 Å². The molecule has 8 nitrogen and oxygen atoms in total. The van der Waals surface area contributed by atoms with E-state index in [1.165, 1.54) is 25.2 Å². The molecular formula is C32H30ClN3O5S. The summed E-state index contributed by atoms with van der Waals surface area (Å²) < 4.78 is 13.6. The van der Waals surface area contributed by atoms with Crippen LogP contribution in [0.15, 0.2) is 60.7 Å². The molecule has 6 rings (SSSR count). The first-order valence-electron chi connectivity index (χ1n) is 13.4. The molecule has 2 aromatic carbocycles. The number of allylic oxidation sites excluding steroid dienone is 3. The minimum atomic E-state index is -1.23. The number of fused-ring (bicyclic) bond motifs is 2. The fraction of sp³-hybridized carbons (Fsp3) is 0.281. The number of aromatic nitrogens is 2. The van der Waals surface area contributed by atoms with Crippen molar-refractivity contribution >= 4 is 50.7 Å². The topological polar surface area (TPSA) is 93.9 Å². The summed E-state index contributed by atoms with van der Waals surface area (Å²) in [5, 5.41) is 17.6. The first-order valence-corrected chi connectivity index (χ1v) is 14.6. The van der Waals surface area contributed by atoms with Gasteiger partial charge in [-0.25, -0.2) is 4.90 Å². The lowest BCUT2D eigenvalue weighted by molar-refractivity contribution is -0.127. The molecule has 3 heterocycles. The highest BCUT2D eigenvalue weighted by atomic mass is 35.5. The number of ether oxygens (including phenoxy) is 2. The monoisotopic (exact) mass is 603 g/mol. The van der Waals surface area contributed by atoms with Crippen molar-refractivity contribution in [3.63, 3.8) is 0 Å². The molecule has 0 saturated carbocycles. The molecule has 42 heavy (non-hydrogen) atoms. The Labute approximate surface area is 252 Å². The fourth-order valence-corrected chi connectivity index (χ4v) is 7.87. The number of carbonyl (C=O) groups is 2. The molecule has 1 aliphatic heterocycles. The lowest BCUT2D eigenvalue weighted by Gasteiger charge is -2.40. The number of benzene rings is 2. The van der Waals surface area contributed by atoms with E-state index in [-0.39, 0.29) is 17.6 Å². The van der Waals surface area contributed by atoms with Gasteiger partial charge in [-0.05, 0) is 55.0 Å². The molecule has 1 N–H and O–H groups in total. The van der Waals surface area contributed by atoms with Gasteiger partial charge < -0.3 is 14.6 Å². The van der Waals surface area contributed by atoms with Crippen molar-refractivity contribution in [3.05, 3.63) is 76.9 Å². The van der Waals surface area contributed by atoms with Crippen molar-refractivity contribution in [1.82, 2.24) is 9.78 Å². The molecule has 3 atom stereocenters. The minimum absolute atomic E-state index is 0.0901. The minimum Gasteiger partial charge on any atom is -0.507 e. The summed E-state index contributed by atoms with van der Waals surface area (Å²) in [6.45, 7) is 7.79. The second-order valence-electron chi connectivity index (χ2n) is 10.9. The third-order valence-electron chi connectivity index (χ3n) is 8.72. The van der Waals surface area contributed by atoms with Gasteiger partial charge in [0.15, 0.2) is 0 Å². The molecule has 0 bridgehead atoms. The number of halogens is 1. The first kappa shape index (κ1) is 28.1. The highest BCUT2D eigenvalue weighted by Gasteiger charge is 2.63. The Balaban J connectivity index is 1.47. The lowest BCUT2D eigenvalue weighted by Crippen LogP contribution is -2.42. The number of phenolic OH excluding ortho intramolecular Hbond substituents is 1. The average molecular weight is 604 g/mol. The Morgan fingerprint density at radius 2 is 1.95 bits per heavy atom. The van der Waals surface area contributed by atoms with Crippen molar-refractivity contribution in [1.29, 1.82) is 0 Å². The van der Waals surface area contributed by atoms with E-state index in [1.807, 2.05) is 31.2 Å². The van der Waals surface area contributed by atoms with E-state index in [9.17, 15) is 14.7 Å². The highest BCUT2D eigenvalue weighted by Crippen LogP contribution is 2.60. The Bertz CT molecular complexity index is 1840. The number of anilines is 1. The smallest absolute Gasteiger partial charge is 0.242 e. The van der Waals surface area contributed by atoms with Gasteiger partial charge in [-0.3, -0.25) is 14.3 Å². The molecule has 0 unspecified atom stereocenters. The number of aromatic hydroxyl groups is 1. The van der Waals surface area contributed by atoms with Gasteiger partial charge in [0.1, 0.15) is 28.8 Å². The number of hydrogen-bond donors (Lipinski definition) is 1. The normalized spacial score (nSPS) is 22.0. The molecule has 10 heteroatoms. The first-order chi connectivity index (χ1) is 20.0. The van der Waals surface area contributed by atoms with Gasteiger partial charge in [0.05, 0.1) is 30.4 Å². The van der Waals surface area contributed by atoms with Crippen LogP contribution >= 0.6 is 22.9 Å². The largest absolute Gasteiger partial charge is 0.507 e. The number of thiophene rings is 1. The second-order valence-corrected chi connectivity index (χ2v) is 12.4. The third kappa shape index (κ3) is 3.90. The third-order valence-corrected chi connectivity index (χ3v) is 10.2. The number of phenols is 1. The zero-order valence-electron chi connectivity index (χ0n) is 23.9. The molecule has 2 aromatic heterocycles. The second kappa shape index (κ2) is 10.0. The van der Waals surface area contributed by atoms with Gasteiger partial charge in [-0.15, -0.1) is 11.3 Å². The summed E-state index contributed by atoms with van der Waals surface area (Å²) >= 11 is 7.84. The quantitative estimate of drug-likeness (QED) is 0.244. The van der Waals surface area contributed by atoms with Crippen LogP contribution in [0.3, 0.4) is 0 Å². The van der Waals surface area contributed by atoms with E-state index in [2.05, 4.69) is 6.58 Å². The summed E-state index contributed by atoms with van der Waals surface area (Å²) in [6, 6.07) is 10.7. The zero-order valence-corrected chi connectivity index (χ0v) is 25.5. The van der Waals surface area contributed by atoms with Crippen LogP contribution in [-0.4, -0.2) is 40.9 Å². The lowest BCUT2D eigenvalue weighted by atomic mass is 9.59. The Kier molecular flexibility index (Phi) is 6.70. The maximum atomic E-state index is 14.5. The van der Waals surface area contributed by atoms with Crippen LogP contribution in [-0.2, 0) is 16.6 Å². The predicted molar refractivity (Wildman–Crippen MR) is 165 cm³/mol. The molecular weight excluding hydrogens is 574 g/mol. The van der Waals surface area contributed by atoms with Crippen molar-refractivity contribution in [2.75, 3.05) is 19.1 Å². The number of rotatable bonds is 6. The van der Waals surface area contributed by atoms with Crippen molar-refractivity contribution in [3.8, 4) is 27.8 Å². The Morgan fingerprint density at radius 3 is 2.64 bits per heavy atom. The highest BCUT2D eigenvalue weighted by molar-refractivity contribution is 7.22. The zero-order chi connectivity index (χ0) is 30.1. The predicted octanol–water partition coefficient (Wildman–Crippen LogP) is 6.78. The van der Waals surface area contributed by atoms with E-state index < -0.39 is 17.3 Å². The van der Waals surface area contributed by atoms with E-state index in [4.69, 9.17) is 26.2 Å². The van der Waals surface area contributed by atoms with Gasteiger partial charge in [0.2, 0.25) is 11.8 Å². The Morgan fingerprint density at radius 1 is 1.19 bits per heavy atom. The number of carbonyl (C=O) groups excluding carboxylic acids is 2. The van der Waals surface area contributed by atoms with Crippen molar-refractivity contribution in [2.24, 2.45) is 18.4 Å². The van der Waals surface area contributed by atoms with Crippen LogP contribution in [0.4, 0.5) is 5.82 Å². The van der Waals surface area contributed by atoms with E-state index in [1.54, 1.807) is 48.2 Å². The van der Waals surface area contributed by atoms with Gasteiger partial charge in [-0.2, -0.15) is 5.10 Å². The van der Waals surface area contributed by atoms with Crippen LogP contribution in [0.25, 0.3) is 20.7 Å². The molecule has 216 valence electrons. The molecule has 4 aromatic rings. The number of methoxy groups -OCH3 is 2. The van der Waals surface area contributed by atoms with Crippen LogP contribution in [0.5, 0.6) is 17.2 Å². The van der Waals surface area contributed by atoms with Gasteiger partial charge in [-0.1, -0.05) is 30.3 Å². The molecule has 1 aliphatic carbocycles. The summed E-state index contributed by atoms with van der Waals surface area (Å²) in [5.41, 5.74) is 1.61. The Hall–Kier alpha value is -4.08. The summed E-state index contributed by atoms with van der Waals surface area (Å²) in [5.74, 6) is -0.993. The number of nitrogens with zero attached hydrogens (tertiary/aromatic N) is 3. The summed E-state index contributed by atoms with van der Waals surface area (Å²) in [6.07, 6.45) is 3.95. The molecule has 1 fully saturated rings. The van der Waals surface area contributed by atoms with Gasteiger partial charge in [0.25, 0.3) is 0 Å². The van der Waals surface area contributed by atoms with Gasteiger partial charge >= 0.3 is 0 Å². The fourth-order valence-electron chi connectivity index (χ4n) is 6.55. The SMILES string of the molecule is C=CC1=CC[C@H]2C(=O)N(c3cc(-c4sc5ccc(Cl)cc5c4C)nn3C)C(=O)[C@@]2(C)[C@H]1c1c(O)cc(OC)cc1OC. The number of amides is 2. The summed E-state index contributed by atoms with van der Waals surface area (Å²) in [4.78, 5) is 30.8. The number of imide groups is 1. The van der Waals surface area contributed by atoms with Crippen LogP contribution in [0.2, 0.25) is 5.02 Å². The standard InChI is InChI=1S/C32H30ClN3O5S/c1-7-17-8-10-21-30(38)36(31(39)32(21,3)28(17)27-23(37)13-19(40-5)14-24(27)41-6)26-15-22(34-35(26)4)29-16(2)20-12-18(33)9-11-25(20)42-29/h7-9,11-15,21,28,37H,1,10H2,2-6H3/t21-,28+,32+/m0/s1. The van der Waals surface area contributed by atoms with Crippen molar-refractivity contribution < 1.29 is 24.2 Å². The number of aryl methyl sites for hydroxylation is 2. The van der Waals surface area contributed by atoms with Gasteiger partial charge in [0, 0.05) is 46.5 Å². The maximum absolute atomic E-state index is 14.5. The number of hydrogen-bond acceptors (Lipinski definition) is 7.